The maximum Gasteiger partial charge on any atom is 0.248 e. The van der Waals surface area contributed by atoms with Crippen molar-refractivity contribution < 1.29 is 4.52 Å². The molecular formula is C20H18Cl2N4O. The van der Waals surface area contributed by atoms with Gasteiger partial charge in [0.15, 0.2) is 0 Å². The molecule has 0 bridgehead atoms. The molecule has 2 heterocycles. The summed E-state index contributed by atoms with van der Waals surface area (Å²) in [4.78, 5) is 8.48. The fraction of sp³-hybridized carbons (Fsp3) is 0.0500. The van der Waals surface area contributed by atoms with Crippen LogP contribution in [0, 0.1) is 0 Å². The summed E-state index contributed by atoms with van der Waals surface area (Å²) in [6, 6.07) is 21.2. The van der Waals surface area contributed by atoms with Crippen LogP contribution < -0.4 is 5.73 Å². The Labute approximate surface area is 169 Å². The third-order valence-electron chi connectivity index (χ3n) is 4.02. The van der Waals surface area contributed by atoms with Gasteiger partial charge in [-0.3, -0.25) is 4.98 Å². The van der Waals surface area contributed by atoms with Crippen molar-refractivity contribution in [1.29, 1.82) is 0 Å². The van der Waals surface area contributed by atoms with Crippen LogP contribution in [-0.2, 0) is 0 Å². The zero-order chi connectivity index (χ0) is 17.1. The molecule has 2 N–H and O–H groups in total. The second-order valence-electron chi connectivity index (χ2n) is 5.66. The number of benzene rings is 2. The Bertz CT molecular complexity index is 960. The van der Waals surface area contributed by atoms with Crippen LogP contribution in [0.5, 0.6) is 0 Å². The topological polar surface area (TPSA) is 77.8 Å². The third kappa shape index (κ3) is 4.52. The highest BCUT2D eigenvalue weighted by molar-refractivity contribution is 5.85. The quantitative estimate of drug-likeness (QED) is 0.537. The SMILES string of the molecule is Cl.Cl.N[C@@H](c1ccccc1)c1nc(-c2ccc(-c3ccncc3)cc2)no1. The molecule has 2 aromatic heterocycles. The van der Waals surface area contributed by atoms with Gasteiger partial charge in [-0.05, 0) is 28.8 Å². The summed E-state index contributed by atoms with van der Waals surface area (Å²) in [6.45, 7) is 0. The van der Waals surface area contributed by atoms with Crippen molar-refractivity contribution >= 4 is 24.8 Å². The Morgan fingerprint density at radius 2 is 1.33 bits per heavy atom. The summed E-state index contributed by atoms with van der Waals surface area (Å²) in [5.41, 5.74) is 10.2. The maximum atomic E-state index is 6.21. The Hall–Kier alpha value is -2.73. The van der Waals surface area contributed by atoms with E-state index in [9.17, 15) is 0 Å². The Kier molecular flexibility index (Phi) is 7.07. The van der Waals surface area contributed by atoms with E-state index in [1.807, 2.05) is 66.7 Å². The van der Waals surface area contributed by atoms with Crippen LogP contribution in [0.2, 0.25) is 0 Å². The first-order valence-electron chi connectivity index (χ1n) is 7.96. The third-order valence-corrected chi connectivity index (χ3v) is 4.02. The molecule has 2 aromatic carbocycles. The fourth-order valence-corrected chi connectivity index (χ4v) is 2.64. The van der Waals surface area contributed by atoms with E-state index in [0.29, 0.717) is 11.7 Å². The lowest BCUT2D eigenvalue weighted by molar-refractivity contribution is 0.367. The van der Waals surface area contributed by atoms with Gasteiger partial charge in [-0.2, -0.15) is 4.98 Å². The molecule has 0 unspecified atom stereocenters. The molecule has 5 nitrogen and oxygen atoms in total. The standard InChI is InChI=1S/C20H16N4O.2ClH/c21-18(16-4-2-1-3-5-16)20-23-19(24-25-20)17-8-6-14(7-9-17)15-10-12-22-13-11-15;;/h1-13,18H,21H2;2*1H/t18-;;/m0../s1. The normalized spacial score (nSPS) is 11.1. The number of nitrogens with two attached hydrogens (primary N) is 1. The van der Waals surface area contributed by atoms with E-state index in [1.54, 1.807) is 12.4 Å². The predicted molar refractivity (Wildman–Crippen MR) is 110 cm³/mol. The molecule has 4 aromatic rings. The predicted octanol–water partition coefficient (Wildman–Crippen LogP) is 4.69. The zero-order valence-electron chi connectivity index (χ0n) is 14.2. The lowest BCUT2D eigenvalue weighted by Crippen LogP contribution is -2.11. The molecular weight excluding hydrogens is 383 g/mol. The molecule has 0 saturated carbocycles. The summed E-state index contributed by atoms with van der Waals surface area (Å²) in [5, 5.41) is 4.06. The van der Waals surface area contributed by atoms with Crippen molar-refractivity contribution in [1.82, 2.24) is 15.1 Å². The van der Waals surface area contributed by atoms with E-state index in [0.717, 1.165) is 22.3 Å². The van der Waals surface area contributed by atoms with Gasteiger partial charge in [0, 0.05) is 18.0 Å². The Morgan fingerprint density at radius 3 is 2.00 bits per heavy atom. The zero-order valence-corrected chi connectivity index (χ0v) is 15.9. The lowest BCUT2D eigenvalue weighted by Gasteiger charge is -2.05. The van der Waals surface area contributed by atoms with Crippen molar-refractivity contribution in [2.24, 2.45) is 5.73 Å². The molecule has 0 fully saturated rings. The van der Waals surface area contributed by atoms with Gasteiger partial charge >= 0.3 is 0 Å². The van der Waals surface area contributed by atoms with Crippen LogP contribution in [-0.4, -0.2) is 15.1 Å². The van der Waals surface area contributed by atoms with Gasteiger partial charge in [0.05, 0.1) is 0 Å². The highest BCUT2D eigenvalue weighted by Gasteiger charge is 2.17. The molecule has 0 aliphatic heterocycles. The first-order valence-corrected chi connectivity index (χ1v) is 7.96. The van der Waals surface area contributed by atoms with Gasteiger partial charge in [0.1, 0.15) is 6.04 Å². The molecule has 7 heteroatoms. The van der Waals surface area contributed by atoms with Gasteiger partial charge in [-0.15, -0.1) is 24.8 Å². The number of aromatic nitrogens is 3. The average molecular weight is 401 g/mol. The molecule has 4 rings (SSSR count). The van der Waals surface area contributed by atoms with Crippen molar-refractivity contribution in [2.45, 2.75) is 6.04 Å². The number of pyridine rings is 1. The van der Waals surface area contributed by atoms with Crippen molar-refractivity contribution in [3.8, 4) is 22.5 Å². The smallest absolute Gasteiger partial charge is 0.248 e. The number of hydrogen-bond acceptors (Lipinski definition) is 5. The van der Waals surface area contributed by atoms with E-state index in [2.05, 4.69) is 15.1 Å². The molecule has 0 aliphatic carbocycles. The van der Waals surface area contributed by atoms with Crippen molar-refractivity contribution in [2.75, 3.05) is 0 Å². The van der Waals surface area contributed by atoms with Crippen LogP contribution in [0.1, 0.15) is 17.5 Å². The molecule has 1 atom stereocenters. The van der Waals surface area contributed by atoms with Crippen LogP contribution in [0.3, 0.4) is 0 Å². The number of rotatable bonds is 4. The highest BCUT2D eigenvalue weighted by Crippen LogP contribution is 2.25. The molecule has 27 heavy (non-hydrogen) atoms. The van der Waals surface area contributed by atoms with E-state index in [1.165, 1.54) is 0 Å². The second kappa shape index (κ2) is 9.28. The molecule has 0 saturated heterocycles. The van der Waals surface area contributed by atoms with Crippen molar-refractivity contribution in [3.63, 3.8) is 0 Å². The Balaban J connectivity index is 0.00000131. The molecule has 138 valence electrons. The minimum absolute atomic E-state index is 0. The van der Waals surface area contributed by atoms with Gasteiger partial charge in [0.25, 0.3) is 0 Å². The van der Waals surface area contributed by atoms with Crippen LogP contribution in [0.25, 0.3) is 22.5 Å². The molecule has 0 spiro atoms. The van der Waals surface area contributed by atoms with Gasteiger partial charge in [-0.25, -0.2) is 0 Å². The first-order chi connectivity index (χ1) is 12.3. The van der Waals surface area contributed by atoms with E-state index in [4.69, 9.17) is 10.3 Å². The summed E-state index contributed by atoms with van der Waals surface area (Å²) in [5.74, 6) is 0.932. The van der Waals surface area contributed by atoms with Crippen LogP contribution in [0.4, 0.5) is 0 Å². The average Bonchev–Trinajstić information content (AvgIpc) is 3.19. The van der Waals surface area contributed by atoms with E-state index >= 15 is 0 Å². The molecule has 0 radical (unpaired) electrons. The van der Waals surface area contributed by atoms with Gasteiger partial charge < -0.3 is 10.3 Å². The maximum absolute atomic E-state index is 6.21. The minimum atomic E-state index is -0.432. The monoisotopic (exact) mass is 400 g/mol. The van der Waals surface area contributed by atoms with Gasteiger partial charge in [0.2, 0.25) is 11.7 Å². The van der Waals surface area contributed by atoms with E-state index in [-0.39, 0.29) is 24.8 Å². The van der Waals surface area contributed by atoms with Crippen molar-refractivity contribution in [3.05, 3.63) is 90.6 Å². The number of nitrogens with zero attached hydrogens (tertiary/aromatic N) is 3. The fourth-order valence-electron chi connectivity index (χ4n) is 2.64. The Morgan fingerprint density at radius 1 is 0.741 bits per heavy atom. The number of halogens is 2. The largest absolute Gasteiger partial charge is 0.337 e. The van der Waals surface area contributed by atoms with Crippen LogP contribution >= 0.6 is 24.8 Å². The summed E-state index contributed by atoms with van der Waals surface area (Å²) < 4.78 is 5.36. The molecule has 0 aliphatic rings. The van der Waals surface area contributed by atoms with E-state index < -0.39 is 6.04 Å². The first kappa shape index (κ1) is 20.6. The van der Waals surface area contributed by atoms with Gasteiger partial charge in [-0.1, -0.05) is 59.8 Å². The minimum Gasteiger partial charge on any atom is -0.337 e. The number of hydrogen-bond donors (Lipinski definition) is 1. The highest BCUT2D eigenvalue weighted by atomic mass is 35.5. The molecule has 0 amide bonds. The lowest BCUT2D eigenvalue weighted by atomic mass is 10.0. The second-order valence-corrected chi connectivity index (χ2v) is 5.66. The van der Waals surface area contributed by atoms with Crippen LogP contribution in [0.15, 0.2) is 83.6 Å². The summed E-state index contributed by atoms with van der Waals surface area (Å²) in [6.07, 6.45) is 3.55. The summed E-state index contributed by atoms with van der Waals surface area (Å²) >= 11 is 0. The summed E-state index contributed by atoms with van der Waals surface area (Å²) in [7, 11) is 0.